The summed E-state index contributed by atoms with van der Waals surface area (Å²) < 4.78 is 10.3. The van der Waals surface area contributed by atoms with Crippen LogP contribution in [0.15, 0.2) is 71.6 Å². The predicted octanol–water partition coefficient (Wildman–Crippen LogP) is 4.66. The van der Waals surface area contributed by atoms with Crippen LogP contribution in [0.25, 0.3) is 16.8 Å². The number of fused-ring (bicyclic) bond motifs is 1. The number of esters is 2. The monoisotopic (exact) mass is 461 g/mol. The number of thioether (sulfide) groups is 1. The second-order valence-electron chi connectivity index (χ2n) is 7.06. The highest BCUT2D eigenvalue weighted by Gasteiger charge is 2.36. The molecule has 3 aromatic carbocycles. The van der Waals surface area contributed by atoms with Crippen LogP contribution < -0.4 is 4.74 Å². The largest absolute Gasteiger partial charge is 0.465 e. The highest BCUT2D eigenvalue weighted by molar-refractivity contribution is 8.18. The lowest BCUT2D eigenvalue weighted by Gasteiger charge is -2.10. The molecule has 0 aromatic heterocycles. The summed E-state index contributed by atoms with van der Waals surface area (Å²) in [5, 5.41) is 1.22. The molecule has 1 aliphatic rings. The van der Waals surface area contributed by atoms with Crippen LogP contribution in [0, 0.1) is 0 Å². The smallest absolute Gasteiger partial charge is 0.344 e. The summed E-state index contributed by atoms with van der Waals surface area (Å²) in [6.45, 7) is 1.40. The zero-order chi connectivity index (χ0) is 23.4. The fourth-order valence-electron chi connectivity index (χ4n) is 3.32. The lowest BCUT2D eigenvalue weighted by Crippen LogP contribution is -2.34. The zero-order valence-corrected chi connectivity index (χ0v) is 18.5. The molecule has 0 radical (unpaired) electrons. The number of carbonyl (C=O) groups excluding carboxylic acids is 4. The van der Waals surface area contributed by atoms with Crippen LogP contribution in [-0.4, -0.2) is 41.1 Å². The molecule has 0 saturated carbocycles. The Hall–Kier alpha value is -3.91. The second-order valence-corrected chi connectivity index (χ2v) is 8.05. The fraction of sp³-hybridized carbons (Fsp3) is 0.120. The summed E-state index contributed by atoms with van der Waals surface area (Å²) in [6, 6.07) is 19.6. The normalized spacial score (nSPS) is 14.7. The molecule has 3 aromatic rings. The number of benzene rings is 3. The molecule has 166 valence electrons. The topological polar surface area (TPSA) is 90.0 Å². The van der Waals surface area contributed by atoms with Crippen molar-refractivity contribution >= 4 is 51.7 Å². The van der Waals surface area contributed by atoms with E-state index < -0.39 is 29.6 Å². The van der Waals surface area contributed by atoms with E-state index in [4.69, 9.17) is 9.47 Å². The SMILES string of the molecule is CCOC(=O)CN1C(=O)S/C(=C\c2ccc(OC(=O)c3cccc4ccccc34)cc2)C1=O. The molecule has 33 heavy (non-hydrogen) atoms. The fourth-order valence-corrected chi connectivity index (χ4v) is 4.16. The summed E-state index contributed by atoms with van der Waals surface area (Å²) in [5.41, 5.74) is 1.11. The van der Waals surface area contributed by atoms with Gasteiger partial charge in [0.1, 0.15) is 12.3 Å². The maximum Gasteiger partial charge on any atom is 0.344 e. The number of imide groups is 1. The second kappa shape index (κ2) is 9.70. The van der Waals surface area contributed by atoms with Crippen molar-refractivity contribution in [2.24, 2.45) is 0 Å². The van der Waals surface area contributed by atoms with Gasteiger partial charge in [-0.3, -0.25) is 19.3 Å². The van der Waals surface area contributed by atoms with Crippen molar-refractivity contribution < 1.29 is 28.7 Å². The van der Waals surface area contributed by atoms with Gasteiger partial charge in [0.15, 0.2) is 0 Å². The van der Waals surface area contributed by atoms with Crippen LogP contribution in [0.1, 0.15) is 22.8 Å². The number of nitrogens with zero attached hydrogens (tertiary/aromatic N) is 1. The molecular formula is C25H19NO6S. The molecule has 1 fully saturated rings. The third kappa shape index (κ3) is 4.96. The molecule has 7 nitrogen and oxygen atoms in total. The summed E-state index contributed by atoms with van der Waals surface area (Å²) in [6.07, 6.45) is 1.55. The van der Waals surface area contributed by atoms with E-state index in [1.165, 1.54) is 0 Å². The molecule has 8 heteroatoms. The first-order valence-corrected chi connectivity index (χ1v) is 11.0. The number of carbonyl (C=O) groups is 4. The van der Waals surface area contributed by atoms with Crippen LogP contribution >= 0.6 is 11.8 Å². The number of hydrogen-bond donors (Lipinski definition) is 0. The summed E-state index contributed by atoms with van der Waals surface area (Å²) in [5.74, 6) is -1.32. The summed E-state index contributed by atoms with van der Waals surface area (Å²) in [7, 11) is 0. The molecule has 0 aliphatic carbocycles. The van der Waals surface area contributed by atoms with E-state index in [0.717, 1.165) is 27.4 Å². The maximum atomic E-state index is 12.7. The minimum absolute atomic E-state index is 0.169. The van der Waals surface area contributed by atoms with E-state index in [-0.39, 0.29) is 11.5 Å². The van der Waals surface area contributed by atoms with Gasteiger partial charge in [-0.1, -0.05) is 48.5 Å². The zero-order valence-electron chi connectivity index (χ0n) is 17.6. The Morgan fingerprint density at radius 3 is 2.45 bits per heavy atom. The van der Waals surface area contributed by atoms with Gasteiger partial charge in [0.25, 0.3) is 11.1 Å². The van der Waals surface area contributed by atoms with Crippen molar-refractivity contribution in [1.82, 2.24) is 4.90 Å². The first-order valence-electron chi connectivity index (χ1n) is 10.2. The minimum atomic E-state index is -0.640. The van der Waals surface area contributed by atoms with E-state index in [0.29, 0.717) is 16.9 Å². The standard InChI is InChI=1S/C25H19NO6S/c1-2-31-22(27)15-26-23(28)21(33-25(26)30)14-16-10-12-18(13-11-16)32-24(29)20-9-5-7-17-6-3-4-8-19(17)20/h3-14H,2,15H2,1H3/b21-14-. The van der Waals surface area contributed by atoms with E-state index in [1.807, 2.05) is 30.3 Å². The molecule has 0 atom stereocenters. The third-order valence-corrected chi connectivity index (χ3v) is 5.77. The Bertz CT molecular complexity index is 1280. The number of rotatable bonds is 6. The van der Waals surface area contributed by atoms with Gasteiger partial charge in [-0.2, -0.15) is 0 Å². The van der Waals surface area contributed by atoms with Gasteiger partial charge in [0, 0.05) is 0 Å². The first-order chi connectivity index (χ1) is 16.0. The van der Waals surface area contributed by atoms with Crippen molar-refractivity contribution in [3.05, 3.63) is 82.8 Å². The number of ether oxygens (including phenoxy) is 2. The molecule has 0 N–H and O–H groups in total. The van der Waals surface area contributed by atoms with Crippen molar-refractivity contribution in [1.29, 1.82) is 0 Å². The molecule has 1 heterocycles. The van der Waals surface area contributed by atoms with Crippen molar-refractivity contribution in [2.45, 2.75) is 6.92 Å². The third-order valence-electron chi connectivity index (χ3n) is 4.86. The van der Waals surface area contributed by atoms with Crippen LogP contribution in [0.5, 0.6) is 5.75 Å². The van der Waals surface area contributed by atoms with Gasteiger partial charge in [-0.05, 0) is 59.3 Å². The highest BCUT2D eigenvalue weighted by atomic mass is 32.2. The van der Waals surface area contributed by atoms with Crippen LogP contribution in [0.2, 0.25) is 0 Å². The van der Waals surface area contributed by atoms with Crippen LogP contribution in [-0.2, 0) is 14.3 Å². The maximum absolute atomic E-state index is 12.7. The minimum Gasteiger partial charge on any atom is -0.465 e. The van der Waals surface area contributed by atoms with E-state index >= 15 is 0 Å². The molecule has 0 spiro atoms. The number of amides is 2. The van der Waals surface area contributed by atoms with E-state index in [1.54, 1.807) is 49.4 Å². The molecule has 1 aliphatic heterocycles. The van der Waals surface area contributed by atoms with Gasteiger partial charge >= 0.3 is 11.9 Å². The van der Waals surface area contributed by atoms with Crippen molar-refractivity contribution in [3.63, 3.8) is 0 Å². The molecular weight excluding hydrogens is 442 g/mol. The lowest BCUT2D eigenvalue weighted by atomic mass is 10.0. The van der Waals surface area contributed by atoms with Crippen molar-refractivity contribution in [3.8, 4) is 5.75 Å². The Morgan fingerprint density at radius 2 is 1.70 bits per heavy atom. The average molecular weight is 461 g/mol. The quantitative estimate of drug-likeness (QED) is 0.300. The van der Waals surface area contributed by atoms with Crippen LogP contribution in [0.4, 0.5) is 4.79 Å². The Morgan fingerprint density at radius 1 is 0.970 bits per heavy atom. The Balaban J connectivity index is 1.46. The summed E-state index contributed by atoms with van der Waals surface area (Å²) >= 11 is 0.755. The van der Waals surface area contributed by atoms with E-state index in [2.05, 4.69) is 0 Å². The molecule has 0 bridgehead atoms. The van der Waals surface area contributed by atoms with E-state index in [9.17, 15) is 19.2 Å². The highest BCUT2D eigenvalue weighted by Crippen LogP contribution is 2.32. The van der Waals surface area contributed by atoms with Crippen LogP contribution in [0.3, 0.4) is 0 Å². The predicted molar refractivity (Wildman–Crippen MR) is 125 cm³/mol. The first kappa shape index (κ1) is 22.3. The van der Waals surface area contributed by atoms with Crippen molar-refractivity contribution in [2.75, 3.05) is 13.2 Å². The summed E-state index contributed by atoms with van der Waals surface area (Å²) in [4.78, 5) is 49.9. The van der Waals surface area contributed by atoms with Gasteiger partial charge in [0.2, 0.25) is 0 Å². The number of hydrogen-bond acceptors (Lipinski definition) is 7. The van der Waals surface area contributed by atoms with Gasteiger partial charge in [-0.25, -0.2) is 4.79 Å². The van der Waals surface area contributed by atoms with Gasteiger partial charge < -0.3 is 9.47 Å². The Kier molecular flexibility index (Phi) is 6.55. The Labute approximate surface area is 194 Å². The average Bonchev–Trinajstić information content (AvgIpc) is 3.07. The van der Waals surface area contributed by atoms with Gasteiger partial charge in [-0.15, -0.1) is 0 Å². The lowest BCUT2D eigenvalue weighted by molar-refractivity contribution is -0.145. The molecule has 0 unspecified atom stereocenters. The van der Waals surface area contributed by atoms with Gasteiger partial charge in [0.05, 0.1) is 17.1 Å². The molecule has 4 rings (SSSR count). The molecule has 2 amide bonds. The molecule has 1 saturated heterocycles.